The summed E-state index contributed by atoms with van der Waals surface area (Å²) in [6, 6.07) is 13.9. The fourth-order valence-electron chi connectivity index (χ4n) is 2.71. The number of amides is 1. The van der Waals surface area contributed by atoms with Gasteiger partial charge in [-0.25, -0.2) is 4.98 Å². The average Bonchev–Trinajstić information content (AvgIpc) is 2.56. The third-order valence-electron chi connectivity index (χ3n) is 3.84. The van der Waals surface area contributed by atoms with Crippen LogP contribution < -0.4 is 9.64 Å². The number of fused-ring (bicyclic) bond motifs is 1. The number of benzene rings is 1. The summed E-state index contributed by atoms with van der Waals surface area (Å²) in [5.74, 6) is 1.35. The van der Waals surface area contributed by atoms with Gasteiger partial charge in [-0.3, -0.25) is 9.69 Å². The lowest BCUT2D eigenvalue weighted by Gasteiger charge is -2.33. The zero-order chi connectivity index (χ0) is 15.4. The van der Waals surface area contributed by atoms with Gasteiger partial charge in [0.05, 0.1) is 0 Å². The predicted molar refractivity (Wildman–Crippen MR) is 86.1 cm³/mol. The van der Waals surface area contributed by atoms with Crippen LogP contribution in [0.1, 0.15) is 25.3 Å². The first-order chi connectivity index (χ1) is 10.8. The molecule has 2 aromatic rings. The molecular formula is C18H20N2O2. The number of carbonyl (C=O) groups is 1. The first-order valence-corrected chi connectivity index (χ1v) is 7.76. The Kier molecular flexibility index (Phi) is 4.37. The van der Waals surface area contributed by atoms with E-state index >= 15 is 0 Å². The number of hydrogen-bond acceptors (Lipinski definition) is 3. The Morgan fingerprint density at radius 3 is 2.77 bits per heavy atom. The Hall–Kier alpha value is -2.36. The summed E-state index contributed by atoms with van der Waals surface area (Å²) in [5.41, 5.74) is 1.21. The zero-order valence-corrected chi connectivity index (χ0v) is 12.7. The highest BCUT2D eigenvalue weighted by atomic mass is 16.5. The third-order valence-corrected chi connectivity index (χ3v) is 3.84. The van der Waals surface area contributed by atoms with Crippen molar-refractivity contribution in [1.82, 2.24) is 4.98 Å². The van der Waals surface area contributed by atoms with Gasteiger partial charge < -0.3 is 4.74 Å². The molecule has 0 spiro atoms. The lowest BCUT2D eigenvalue weighted by molar-refractivity contribution is -0.126. The summed E-state index contributed by atoms with van der Waals surface area (Å²) in [6.07, 6.45) is 3.76. The van der Waals surface area contributed by atoms with E-state index in [0.29, 0.717) is 18.1 Å². The summed E-state index contributed by atoms with van der Waals surface area (Å²) >= 11 is 0. The largest absolute Gasteiger partial charge is 0.477 e. The Morgan fingerprint density at radius 2 is 2.00 bits per heavy atom. The van der Waals surface area contributed by atoms with Crippen LogP contribution in [0.3, 0.4) is 0 Å². The SMILES string of the molecule is CCCC1Oc2cccnc2N(CCc2ccccc2)C1=O. The molecule has 0 fully saturated rings. The van der Waals surface area contributed by atoms with Gasteiger partial charge in [0.1, 0.15) is 0 Å². The van der Waals surface area contributed by atoms with Gasteiger partial charge in [-0.1, -0.05) is 43.7 Å². The molecule has 1 aromatic heterocycles. The highest BCUT2D eigenvalue weighted by Gasteiger charge is 2.34. The Labute approximate surface area is 130 Å². The molecule has 22 heavy (non-hydrogen) atoms. The number of carbonyl (C=O) groups excluding carboxylic acids is 1. The second-order valence-electron chi connectivity index (χ2n) is 5.45. The monoisotopic (exact) mass is 296 g/mol. The molecule has 3 rings (SSSR count). The molecule has 1 aliphatic heterocycles. The van der Waals surface area contributed by atoms with E-state index in [1.165, 1.54) is 5.56 Å². The van der Waals surface area contributed by atoms with Crippen LogP contribution in [0.2, 0.25) is 0 Å². The second-order valence-corrected chi connectivity index (χ2v) is 5.45. The van der Waals surface area contributed by atoms with Gasteiger partial charge in [-0.15, -0.1) is 0 Å². The number of hydrogen-bond donors (Lipinski definition) is 0. The van der Waals surface area contributed by atoms with Crippen LogP contribution >= 0.6 is 0 Å². The lowest BCUT2D eigenvalue weighted by atomic mass is 10.1. The highest BCUT2D eigenvalue weighted by Crippen LogP contribution is 2.32. The van der Waals surface area contributed by atoms with E-state index in [1.54, 1.807) is 11.1 Å². The smallest absolute Gasteiger partial charge is 0.269 e. The van der Waals surface area contributed by atoms with Gasteiger partial charge in [-0.2, -0.15) is 0 Å². The van der Waals surface area contributed by atoms with Gasteiger partial charge in [0.25, 0.3) is 5.91 Å². The van der Waals surface area contributed by atoms with Crippen LogP contribution in [0.4, 0.5) is 5.82 Å². The zero-order valence-electron chi connectivity index (χ0n) is 12.7. The molecule has 4 nitrogen and oxygen atoms in total. The Bertz CT molecular complexity index is 643. The molecule has 1 amide bonds. The van der Waals surface area contributed by atoms with E-state index in [9.17, 15) is 4.79 Å². The number of pyridine rings is 1. The summed E-state index contributed by atoms with van der Waals surface area (Å²) < 4.78 is 5.81. The molecule has 2 heterocycles. The fraction of sp³-hybridized carbons (Fsp3) is 0.333. The molecule has 1 unspecified atom stereocenters. The van der Waals surface area contributed by atoms with Crippen molar-refractivity contribution in [2.75, 3.05) is 11.4 Å². The molecule has 0 N–H and O–H groups in total. The maximum absolute atomic E-state index is 12.7. The Balaban J connectivity index is 1.82. The predicted octanol–water partition coefficient (Wildman–Crippen LogP) is 3.22. The molecule has 0 bridgehead atoms. The molecule has 0 saturated carbocycles. The number of anilines is 1. The minimum atomic E-state index is -0.391. The van der Waals surface area contributed by atoms with Crippen molar-refractivity contribution >= 4 is 11.7 Å². The highest BCUT2D eigenvalue weighted by molar-refractivity contribution is 5.98. The standard InChI is InChI=1S/C18H20N2O2/c1-2-7-16-18(21)20(13-11-14-8-4-3-5-9-14)17-15(22-16)10-6-12-19-17/h3-6,8-10,12,16H,2,7,11,13H2,1H3. The molecule has 114 valence electrons. The molecule has 4 heteroatoms. The molecule has 0 saturated heterocycles. The van der Waals surface area contributed by atoms with Crippen molar-refractivity contribution in [1.29, 1.82) is 0 Å². The van der Waals surface area contributed by atoms with Gasteiger partial charge in [0.15, 0.2) is 17.7 Å². The van der Waals surface area contributed by atoms with Crippen LogP contribution in [0.15, 0.2) is 48.7 Å². The minimum absolute atomic E-state index is 0.0176. The maximum Gasteiger partial charge on any atom is 0.269 e. The van der Waals surface area contributed by atoms with Crippen LogP contribution in [-0.2, 0) is 11.2 Å². The first-order valence-electron chi connectivity index (χ1n) is 7.76. The van der Waals surface area contributed by atoms with Crippen molar-refractivity contribution < 1.29 is 9.53 Å². The lowest BCUT2D eigenvalue weighted by Crippen LogP contribution is -2.47. The summed E-state index contributed by atoms with van der Waals surface area (Å²) in [6.45, 7) is 2.68. The van der Waals surface area contributed by atoms with Crippen molar-refractivity contribution in [3.05, 3.63) is 54.2 Å². The Morgan fingerprint density at radius 1 is 1.18 bits per heavy atom. The summed E-state index contributed by atoms with van der Waals surface area (Å²) in [5, 5.41) is 0. The van der Waals surface area contributed by atoms with E-state index in [1.807, 2.05) is 30.3 Å². The number of rotatable bonds is 5. The van der Waals surface area contributed by atoms with Crippen molar-refractivity contribution in [3.8, 4) is 5.75 Å². The number of ether oxygens (including phenoxy) is 1. The topological polar surface area (TPSA) is 42.4 Å². The van der Waals surface area contributed by atoms with Crippen molar-refractivity contribution in [3.63, 3.8) is 0 Å². The summed E-state index contributed by atoms with van der Waals surface area (Å²) in [7, 11) is 0. The van der Waals surface area contributed by atoms with E-state index < -0.39 is 6.10 Å². The number of nitrogens with zero attached hydrogens (tertiary/aromatic N) is 2. The second kappa shape index (κ2) is 6.60. The van der Waals surface area contributed by atoms with Crippen LogP contribution in [-0.4, -0.2) is 23.5 Å². The molecule has 0 aliphatic carbocycles. The van der Waals surface area contributed by atoms with Gasteiger partial charge in [0.2, 0.25) is 0 Å². The van der Waals surface area contributed by atoms with Gasteiger partial charge >= 0.3 is 0 Å². The minimum Gasteiger partial charge on any atom is -0.477 e. The average molecular weight is 296 g/mol. The van der Waals surface area contributed by atoms with Crippen LogP contribution in [0.5, 0.6) is 5.75 Å². The number of aromatic nitrogens is 1. The maximum atomic E-state index is 12.7. The van der Waals surface area contributed by atoms with Crippen molar-refractivity contribution in [2.24, 2.45) is 0 Å². The summed E-state index contributed by atoms with van der Waals surface area (Å²) in [4.78, 5) is 18.8. The fourth-order valence-corrected chi connectivity index (χ4v) is 2.71. The normalized spacial score (nSPS) is 17.0. The molecule has 0 radical (unpaired) electrons. The first kappa shape index (κ1) is 14.6. The van der Waals surface area contributed by atoms with E-state index in [0.717, 1.165) is 19.3 Å². The molecule has 1 aliphatic rings. The van der Waals surface area contributed by atoms with Gasteiger partial charge in [-0.05, 0) is 30.5 Å². The quantitative estimate of drug-likeness (QED) is 0.851. The van der Waals surface area contributed by atoms with Crippen molar-refractivity contribution in [2.45, 2.75) is 32.3 Å². The van der Waals surface area contributed by atoms with Crippen LogP contribution in [0.25, 0.3) is 0 Å². The van der Waals surface area contributed by atoms with E-state index in [4.69, 9.17) is 4.74 Å². The molecule has 1 atom stereocenters. The molecule has 1 aromatic carbocycles. The van der Waals surface area contributed by atoms with E-state index in [2.05, 4.69) is 24.0 Å². The third kappa shape index (κ3) is 2.96. The molecular weight excluding hydrogens is 276 g/mol. The van der Waals surface area contributed by atoms with Crippen LogP contribution in [0, 0.1) is 0 Å². The van der Waals surface area contributed by atoms with Gasteiger partial charge in [0, 0.05) is 12.7 Å². The van der Waals surface area contributed by atoms with E-state index in [-0.39, 0.29) is 5.91 Å².